The number of allylic oxidation sites excluding steroid dienone is 2. The van der Waals surface area contributed by atoms with Gasteiger partial charge < -0.3 is 63.5 Å². The molecule has 1 saturated heterocycles. The largest absolute Gasteiger partial charge is 0.507 e. The van der Waals surface area contributed by atoms with Crippen LogP contribution in [0, 0.1) is 36.5 Å². The summed E-state index contributed by atoms with van der Waals surface area (Å²) in [4.78, 5) is 96.7. The van der Waals surface area contributed by atoms with Crippen molar-refractivity contribution in [2.45, 2.75) is 106 Å². The topological polar surface area (TPSA) is 296 Å². The molecule has 83 heavy (non-hydrogen) atoms. The third-order valence-corrected chi connectivity index (χ3v) is 15.9. The van der Waals surface area contributed by atoms with Crippen molar-refractivity contribution in [2.75, 3.05) is 63.3 Å². The van der Waals surface area contributed by atoms with Gasteiger partial charge in [-0.25, -0.2) is 14.6 Å². The number of aryl methyl sites for hydroxylation is 1. The number of pyridine rings is 1. The number of aliphatic hydroxyl groups is 3. The summed E-state index contributed by atoms with van der Waals surface area (Å²) in [5, 5.41) is 49.8. The molecule has 1 amide bonds. The molecule has 4 aliphatic heterocycles. The fraction of sp³-hybridized carbons (Fsp3) is 0.475. The first-order chi connectivity index (χ1) is 39.4. The Labute approximate surface area is 478 Å². The van der Waals surface area contributed by atoms with Crippen molar-refractivity contribution in [2.24, 2.45) is 29.6 Å². The number of aromatic nitrogens is 2. The molecule has 6 heterocycles. The molecule has 444 valence electrons. The molecule has 4 aliphatic rings. The van der Waals surface area contributed by atoms with E-state index in [1.54, 1.807) is 33.8 Å². The Kier molecular flexibility index (Phi) is 18.6. The second-order valence-electron chi connectivity index (χ2n) is 22.2. The lowest BCUT2D eigenvalue weighted by Crippen LogP contribution is -2.47. The molecule has 3 aromatic carbocycles. The maximum Gasteiger partial charge on any atom is 0.344 e. The number of aromatic hydroxyl groups is 1. The minimum Gasteiger partial charge on any atom is -0.507 e. The fourth-order valence-electron chi connectivity index (χ4n) is 11.1. The smallest absolute Gasteiger partial charge is 0.344 e. The highest BCUT2D eigenvalue weighted by Gasteiger charge is 2.44. The number of nitrogens with one attached hydrogen (secondary N) is 1. The van der Waals surface area contributed by atoms with E-state index in [0.29, 0.717) is 36.7 Å². The van der Waals surface area contributed by atoms with Gasteiger partial charge in [0, 0.05) is 119 Å². The number of esters is 3. The number of fused-ring (bicyclic) bond motifs is 14. The molecule has 9 rings (SSSR count). The lowest BCUT2D eigenvalue weighted by atomic mass is 9.78. The first-order valence-corrected chi connectivity index (χ1v) is 27.8. The van der Waals surface area contributed by atoms with Crippen LogP contribution in [0.5, 0.6) is 11.5 Å². The predicted molar refractivity (Wildman–Crippen MR) is 308 cm³/mol. The number of piperazine rings is 1. The van der Waals surface area contributed by atoms with Gasteiger partial charge in [-0.1, -0.05) is 66.7 Å². The number of methoxy groups -OCH3 is 1. The quantitative estimate of drug-likeness (QED) is 0.0460. The van der Waals surface area contributed by atoms with E-state index in [1.807, 2.05) is 11.8 Å². The van der Waals surface area contributed by atoms with E-state index in [-0.39, 0.29) is 55.3 Å². The van der Waals surface area contributed by atoms with Crippen molar-refractivity contribution in [3.05, 3.63) is 109 Å². The molecule has 2 aromatic heterocycles. The van der Waals surface area contributed by atoms with E-state index in [4.69, 9.17) is 37.8 Å². The number of anilines is 2. The van der Waals surface area contributed by atoms with Crippen molar-refractivity contribution in [1.29, 1.82) is 0 Å². The maximum absolute atomic E-state index is 15.3. The van der Waals surface area contributed by atoms with E-state index >= 15 is 4.79 Å². The third kappa shape index (κ3) is 12.6. The molecule has 5 N–H and O–H groups in total. The Balaban J connectivity index is 1.31. The summed E-state index contributed by atoms with van der Waals surface area (Å²) < 4.78 is 41.5. The van der Waals surface area contributed by atoms with E-state index in [2.05, 4.69) is 29.0 Å². The highest BCUT2D eigenvalue weighted by molar-refractivity contribution is 6.17. The van der Waals surface area contributed by atoms with Crippen LogP contribution in [0.15, 0.2) is 80.7 Å². The normalized spacial score (nSPS) is 24.7. The van der Waals surface area contributed by atoms with Crippen LogP contribution < -0.4 is 31.0 Å². The monoisotopic (exact) mass is 1150 g/mol. The van der Waals surface area contributed by atoms with Crippen LogP contribution in [0.2, 0.25) is 0 Å². The highest BCUT2D eigenvalue weighted by atomic mass is 16.7. The van der Waals surface area contributed by atoms with Crippen LogP contribution in [-0.2, 0) is 44.5 Å². The number of carbonyl (C=O) groups excluding carboxylic acids is 4. The average Bonchev–Trinajstić information content (AvgIpc) is 2.12. The highest BCUT2D eigenvalue weighted by Crippen LogP contribution is 2.42. The zero-order chi connectivity index (χ0) is 60.4. The van der Waals surface area contributed by atoms with Gasteiger partial charge >= 0.3 is 23.7 Å². The van der Waals surface area contributed by atoms with Gasteiger partial charge in [0.1, 0.15) is 35.4 Å². The van der Waals surface area contributed by atoms with Gasteiger partial charge in [-0.15, -0.1) is 0 Å². The van der Waals surface area contributed by atoms with Crippen molar-refractivity contribution in [3.8, 4) is 11.5 Å². The summed E-state index contributed by atoms with van der Waals surface area (Å²) in [7, 11) is 1.42. The summed E-state index contributed by atoms with van der Waals surface area (Å²) in [6.07, 6.45) is 5.88. The minimum absolute atomic E-state index is 0.0335. The summed E-state index contributed by atoms with van der Waals surface area (Å²) >= 11 is 0. The van der Waals surface area contributed by atoms with Gasteiger partial charge in [0.05, 0.1) is 46.3 Å². The van der Waals surface area contributed by atoms with Crippen molar-refractivity contribution < 1.29 is 72.4 Å². The number of carbonyl (C=O) groups is 4. The maximum atomic E-state index is 15.3. The van der Waals surface area contributed by atoms with Crippen LogP contribution in [0.1, 0.15) is 83.8 Å². The first-order valence-electron chi connectivity index (χ1n) is 27.8. The second-order valence-corrected chi connectivity index (χ2v) is 22.2. The summed E-state index contributed by atoms with van der Waals surface area (Å²) in [6, 6.07) is 4.49. The van der Waals surface area contributed by atoms with Crippen LogP contribution >= 0.6 is 0 Å². The van der Waals surface area contributed by atoms with E-state index in [0.717, 1.165) is 19.6 Å². The van der Waals surface area contributed by atoms with E-state index in [1.165, 1.54) is 83.0 Å². The Morgan fingerprint density at radius 2 is 1.66 bits per heavy atom. The summed E-state index contributed by atoms with van der Waals surface area (Å²) in [6.45, 7) is 18.7. The molecule has 0 spiro atoms. The Morgan fingerprint density at radius 1 is 0.940 bits per heavy atom. The molecular weight excluding hydrogens is 1070 g/mol. The van der Waals surface area contributed by atoms with Gasteiger partial charge in [0.2, 0.25) is 10.9 Å². The van der Waals surface area contributed by atoms with Gasteiger partial charge in [-0.2, -0.15) is 0 Å². The predicted octanol–water partition coefficient (Wildman–Crippen LogP) is 5.68. The number of aliphatic hydroxyl groups excluding tert-OH is 3. The van der Waals surface area contributed by atoms with Crippen LogP contribution in [0.3, 0.4) is 0 Å². The second kappa shape index (κ2) is 25.3. The molecular formula is C61H73N5O17. The number of ether oxygens (including phenoxy) is 6. The van der Waals surface area contributed by atoms with Gasteiger partial charge in [-0.05, 0) is 37.0 Å². The van der Waals surface area contributed by atoms with Crippen molar-refractivity contribution in [3.63, 3.8) is 0 Å². The lowest BCUT2D eigenvalue weighted by Gasteiger charge is -2.38. The number of phenolic OH excluding ortho intramolecular Hbond substituents is 1. The molecule has 5 bridgehead atoms. The number of phenols is 1. The molecule has 1 fully saturated rings. The fourth-order valence-corrected chi connectivity index (χ4v) is 11.1. The van der Waals surface area contributed by atoms with Crippen LogP contribution in [0.25, 0.3) is 38.7 Å². The minimum atomic E-state index is -2.07. The number of rotatable bonds is 11. The zero-order valence-electron chi connectivity index (χ0n) is 48.5. The average molecular weight is 1150 g/mol. The Hall–Kier alpha value is -7.92. The number of hydrogen-bond donors (Lipinski definition) is 5. The van der Waals surface area contributed by atoms with Crippen LogP contribution in [-0.4, -0.2) is 142 Å². The molecule has 22 nitrogen and oxygen atoms in total. The zero-order valence-corrected chi connectivity index (χ0v) is 48.5. The lowest BCUT2D eigenvalue weighted by molar-refractivity contribution is -0.160. The number of hydrogen-bond acceptors (Lipinski definition) is 21. The molecule has 5 aromatic rings. The van der Waals surface area contributed by atoms with Gasteiger partial charge in [0.25, 0.3) is 5.91 Å². The molecule has 0 radical (unpaired) electrons. The summed E-state index contributed by atoms with van der Waals surface area (Å²) in [5.41, 5.74) is -2.09. The Morgan fingerprint density at radius 3 is 2.34 bits per heavy atom. The van der Waals surface area contributed by atoms with Gasteiger partial charge in [0.15, 0.2) is 29.0 Å². The third-order valence-electron chi connectivity index (χ3n) is 15.9. The SMILES string of the molecule is CCc1cnccc1C(=O)OCC(=O)OCC1=CC=CC(C)C(O)C(C)C(O)C(C)C(OC(C)=O)C(C)C(OC)C=COC2(C)Oc3c(C)c(O)c4c(=O)c(c5oc6cc(N7CCN(CC(C)C)CC7)cc(=O)c6nc5c4c3=C2O)NC1=O. The molecule has 22 heteroatoms. The number of benzene rings is 3. The van der Waals surface area contributed by atoms with E-state index in [9.17, 15) is 44.4 Å². The standard InChI is InChI=1S/C61H73N5O17/c1-12-37-26-62-18-16-40(37)60(76)79-29-44(69)78-28-38-15-13-14-31(4)51(70)33(6)52(71)34(7)55(81-36(9)67)32(5)42(77-11)17-23-80-61(10)58(74)47-45-46(53(72)35(8)56(47)83-61)54(73)50(64-59(38)75)57-49(45)63-48-41(68)24-39(25-43(48)82-57)66-21-19-65(20-22-66)27-30(2)3/h13-18,23-26,30-34,42,51-52,55,70-72,74H,12,19-22,27-29H2,1-11H3,(H,64,75). The van der Waals surface area contributed by atoms with Crippen molar-refractivity contribution in [1.82, 2.24) is 14.9 Å². The molecule has 9 unspecified atom stereocenters. The molecule has 0 saturated carbocycles. The van der Waals surface area contributed by atoms with E-state index < -0.39 is 124 Å². The van der Waals surface area contributed by atoms with Gasteiger partial charge in [-0.3, -0.25) is 29.1 Å². The molecule has 9 atom stereocenters. The van der Waals surface area contributed by atoms with Crippen molar-refractivity contribution >= 4 is 73.9 Å². The summed E-state index contributed by atoms with van der Waals surface area (Å²) in [5.74, 6) is -9.59. The Bertz CT molecular complexity index is 3610. The molecule has 0 aliphatic carbocycles. The number of amides is 1. The number of nitrogens with zero attached hydrogens (tertiary/aromatic N) is 4. The van der Waals surface area contributed by atoms with Crippen LogP contribution in [0.4, 0.5) is 11.4 Å². The first kappa shape index (κ1) is 61.2.